The summed E-state index contributed by atoms with van der Waals surface area (Å²) in [6.45, 7) is 0.781. The number of hydrogen-bond donors (Lipinski definition) is 3. The van der Waals surface area contributed by atoms with Gasteiger partial charge in [0.1, 0.15) is 6.10 Å². The average Bonchev–Trinajstić information content (AvgIpc) is 3.86. The van der Waals surface area contributed by atoms with Gasteiger partial charge >= 0.3 is 12.2 Å². The monoisotopic (exact) mass is 653 g/mol. The molecule has 3 aliphatic rings. The van der Waals surface area contributed by atoms with E-state index in [-0.39, 0.29) is 17.6 Å². The summed E-state index contributed by atoms with van der Waals surface area (Å²) < 4.78 is 76.6. The second-order valence-corrected chi connectivity index (χ2v) is 13.4. The average molecular weight is 654 g/mol. The van der Waals surface area contributed by atoms with Gasteiger partial charge in [0.2, 0.25) is 21.9 Å². The molecule has 3 aromatic rings. The third-order valence-electron chi connectivity index (χ3n) is 7.64. The van der Waals surface area contributed by atoms with Crippen molar-refractivity contribution in [3.8, 4) is 6.01 Å². The first kappa shape index (κ1) is 30.8. The second-order valence-electron chi connectivity index (χ2n) is 11.1. The van der Waals surface area contributed by atoms with E-state index in [1.807, 2.05) is 12.1 Å². The number of nitrogens with one attached hydrogen (secondary N) is 3. The van der Waals surface area contributed by atoms with E-state index in [0.717, 1.165) is 49.9 Å². The molecule has 2 aromatic carbocycles. The highest BCUT2D eigenvalue weighted by Gasteiger charge is 2.45. The van der Waals surface area contributed by atoms with Crippen LogP contribution in [0.1, 0.15) is 42.9 Å². The number of anilines is 3. The van der Waals surface area contributed by atoms with Crippen LogP contribution in [0.15, 0.2) is 48.5 Å². The van der Waals surface area contributed by atoms with Gasteiger partial charge < -0.3 is 25.0 Å². The Labute approximate surface area is 257 Å². The molecule has 6 rings (SSSR count). The molecule has 0 spiro atoms. The summed E-state index contributed by atoms with van der Waals surface area (Å²) >= 11 is 6.02. The molecule has 0 radical (unpaired) electrons. The van der Waals surface area contributed by atoms with Crippen molar-refractivity contribution < 1.29 is 31.1 Å². The van der Waals surface area contributed by atoms with Gasteiger partial charge in [-0.15, -0.1) is 0 Å². The van der Waals surface area contributed by atoms with Gasteiger partial charge in [0.25, 0.3) is 0 Å². The largest absolute Gasteiger partial charge is 0.454 e. The van der Waals surface area contributed by atoms with Crippen LogP contribution in [0.25, 0.3) is 0 Å². The molecule has 236 valence electrons. The summed E-state index contributed by atoms with van der Waals surface area (Å²) in [5.41, 5.74) is 1.76. The lowest BCUT2D eigenvalue weighted by molar-refractivity contribution is -0.154. The lowest BCUT2D eigenvalue weighted by Gasteiger charge is -2.19. The number of rotatable bonds is 13. The van der Waals surface area contributed by atoms with Gasteiger partial charge in [0, 0.05) is 17.3 Å². The van der Waals surface area contributed by atoms with Crippen LogP contribution in [0.3, 0.4) is 0 Å². The maximum absolute atomic E-state index is 12.9. The topological polar surface area (TPSA) is 134 Å². The highest BCUT2D eigenvalue weighted by Crippen LogP contribution is 2.48. The van der Waals surface area contributed by atoms with Crippen molar-refractivity contribution in [3.63, 3.8) is 0 Å². The van der Waals surface area contributed by atoms with Gasteiger partial charge in [-0.05, 0) is 74.2 Å². The molecule has 11 nitrogen and oxygen atoms in total. The summed E-state index contributed by atoms with van der Waals surface area (Å²) in [5.74, 6) is 0.0429. The molecule has 3 fully saturated rings. The predicted molar refractivity (Wildman–Crippen MR) is 157 cm³/mol. The Morgan fingerprint density at radius 1 is 1.00 bits per heavy atom. The minimum Gasteiger partial charge on any atom is -0.454 e. The molecule has 1 aromatic heterocycles. The van der Waals surface area contributed by atoms with E-state index in [2.05, 4.69) is 35.2 Å². The van der Waals surface area contributed by atoms with Crippen molar-refractivity contribution in [1.82, 2.24) is 24.6 Å². The molecule has 44 heavy (non-hydrogen) atoms. The Kier molecular flexibility index (Phi) is 8.58. The molecule has 1 aliphatic carbocycles. The van der Waals surface area contributed by atoms with E-state index in [1.54, 1.807) is 36.4 Å². The van der Waals surface area contributed by atoms with Crippen LogP contribution in [0, 0.1) is 0 Å². The molecule has 16 heteroatoms. The molecule has 2 atom stereocenters. The number of epoxide rings is 1. The Hall–Kier alpha value is -3.24. The predicted octanol–water partition coefficient (Wildman–Crippen LogP) is 4.72. The fourth-order valence-electron chi connectivity index (χ4n) is 5.11. The van der Waals surface area contributed by atoms with Crippen molar-refractivity contribution in [3.05, 3.63) is 64.7 Å². The highest BCUT2D eigenvalue weighted by atomic mass is 35.5. The second kappa shape index (κ2) is 12.3. The van der Waals surface area contributed by atoms with Crippen LogP contribution in [0.2, 0.25) is 5.02 Å². The Balaban J connectivity index is 1.11. The zero-order valence-electron chi connectivity index (χ0n) is 23.5. The number of halogens is 4. The first-order valence-corrected chi connectivity index (χ1v) is 16.2. The van der Waals surface area contributed by atoms with Gasteiger partial charge in [-0.3, -0.25) is 0 Å². The van der Waals surface area contributed by atoms with E-state index in [0.29, 0.717) is 17.3 Å². The SMILES string of the molecule is O=S(=O)(CCN1CCCC1)NC1OC1c1ccc(Nc2nc(NC3(c4ccc(Cl)cc4)CC3)nc(OCC(F)(F)F)n2)cc1. The van der Waals surface area contributed by atoms with Crippen molar-refractivity contribution in [1.29, 1.82) is 0 Å². The minimum absolute atomic E-state index is 0.0146. The van der Waals surface area contributed by atoms with Crippen LogP contribution in [-0.4, -0.2) is 72.7 Å². The number of benzene rings is 2. The molecule has 0 bridgehead atoms. The van der Waals surface area contributed by atoms with Gasteiger partial charge in [-0.2, -0.15) is 32.8 Å². The fourth-order valence-corrected chi connectivity index (χ4v) is 6.38. The fraction of sp³-hybridized carbons (Fsp3) is 0.464. The van der Waals surface area contributed by atoms with Crippen molar-refractivity contribution in [2.24, 2.45) is 0 Å². The highest BCUT2D eigenvalue weighted by molar-refractivity contribution is 7.89. The van der Waals surface area contributed by atoms with Crippen LogP contribution in [0.5, 0.6) is 6.01 Å². The maximum Gasteiger partial charge on any atom is 0.422 e. The quantitative estimate of drug-likeness (QED) is 0.223. The van der Waals surface area contributed by atoms with E-state index in [9.17, 15) is 21.6 Å². The van der Waals surface area contributed by atoms with Crippen LogP contribution in [0.4, 0.5) is 30.8 Å². The molecule has 1 saturated carbocycles. The molecule has 2 aliphatic heterocycles. The third kappa shape index (κ3) is 8.07. The molecule has 2 unspecified atom stereocenters. The summed E-state index contributed by atoms with van der Waals surface area (Å²) in [6, 6.07) is 13.7. The van der Waals surface area contributed by atoms with Crippen LogP contribution in [-0.2, 0) is 20.3 Å². The number of nitrogens with zero attached hydrogens (tertiary/aromatic N) is 4. The van der Waals surface area contributed by atoms with Crippen molar-refractivity contribution >= 4 is 39.2 Å². The number of hydrogen-bond acceptors (Lipinski definition) is 10. The molecule has 3 N–H and O–H groups in total. The lowest BCUT2D eigenvalue weighted by Crippen LogP contribution is -2.35. The normalized spacial score (nSPS) is 21.2. The Morgan fingerprint density at radius 2 is 1.68 bits per heavy atom. The zero-order chi connectivity index (χ0) is 31.0. The number of aromatic nitrogens is 3. The van der Waals surface area contributed by atoms with E-state index in [4.69, 9.17) is 21.1 Å². The smallest absolute Gasteiger partial charge is 0.422 e. The summed E-state index contributed by atoms with van der Waals surface area (Å²) in [5, 5.41) is 6.79. The number of likely N-dealkylation sites (tertiary alicyclic amines) is 1. The Bertz CT molecular complexity index is 1570. The summed E-state index contributed by atoms with van der Waals surface area (Å²) in [4.78, 5) is 14.6. The third-order valence-corrected chi connectivity index (χ3v) is 9.20. The first-order valence-electron chi connectivity index (χ1n) is 14.2. The minimum atomic E-state index is -4.57. The van der Waals surface area contributed by atoms with E-state index < -0.39 is 46.7 Å². The molecule has 2 saturated heterocycles. The van der Waals surface area contributed by atoms with Crippen molar-refractivity contribution in [2.45, 2.75) is 49.7 Å². The zero-order valence-corrected chi connectivity index (χ0v) is 25.1. The van der Waals surface area contributed by atoms with E-state index in [1.165, 1.54) is 0 Å². The Morgan fingerprint density at radius 3 is 2.34 bits per heavy atom. The number of alkyl halides is 3. The van der Waals surface area contributed by atoms with Gasteiger partial charge in [0.15, 0.2) is 12.8 Å². The van der Waals surface area contributed by atoms with Gasteiger partial charge in [-0.25, -0.2) is 8.42 Å². The van der Waals surface area contributed by atoms with Gasteiger partial charge in [0.05, 0.1) is 11.3 Å². The summed E-state index contributed by atoms with van der Waals surface area (Å²) in [7, 11) is -3.49. The maximum atomic E-state index is 12.9. The van der Waals surface area contributed by atoms with Crippen LogP contribution < -0.4 is 20.1 Å². The number of ether oxygens (including phenoxy) is 2. The standard InChI is InChI=1S/C28H31ClF3N7O4S/c29-20-7-5-19(6-8-20)27(11-12-27)37-25-34-24(35-26(36-25)42-17-28(30,31)32)33-21-9-3-18(4-10-21)22-23(43-22)38-44(40,41)16-15-39-13-1-2-14-39/h3-10,22-23,38H,1-2,11-17H2,(H2,33,34,35,36,37). The summed E-state index contributed by atoms with van der Waals surface area (Å²) in [6.07, 6.45) is -1.92. The van der Waals surface area contributed by atoms with Gasteiger partial charge in [-0.1, -0.05) is 35.9 Å². The first-order chi connectivity index (χ1) is 21.0. The molecule has 0 amide bonds. The molecule has 3 heterocycles. The van der Waals surface area contributed by atoms with Crippen molar-refractivity contribution in [2.75, 3.05) is 42.6 Å². The molecular weight excluding hydrogens is 623 g/mol. The number of sulfonamides is 1. The molecular formula is C28H31ClF3N7O4S. The van der Waals surface area contributed by atoms with E-state index >= 15 is 0 Å². The van der Waals surface area contributed by atoms with Crippen LogP contribution >= 0.6 is 11.6 Å². The lowest BCUT2D eigenvalue weighted by atomic mass is 10.1.